The Morgan fingerprint density at radius 1 is 1.04 bits per heavy atom. The van der Waals surface area contributed by atoms with Gasteiger partial charge in [0.25, 0.3) is 5.69 Å². The van der Waals surface area contributed by atoms with Gasteiger partial charge in [0, 0.05) is 17.7 Å². The Labute approximate surface area is 135 Å². The number of hydrogen-bond donors (Lipinski definition) is 2. The molecule has 2 rings (SSSR count). The van der Waals surface area contributed by atoms with Crippen LogP contribution >= 0.6 is 0 Å². The van der Waals surface area contributed by atoms with Crippen molar-refractivity contribution in [2.75, 3.05) is 5.32 Å². The van der Waals surface area contributed by atoms with Crippen LogP contribution < -0.4 is 5.32 Å². The summed E-state index contributed by atoms with van der Waals surface area (Å²) >= 11 is 0. The third kappa shape index (κ3) is 4.01. The Morgan fingerprint density at radius 2 is 1.67 bits per heavy atom. The highest BCUT2D eigenvalue weighted by Crippen LogP contribution is 2.16. The molecule has 0 bridgehead atoms. The van der Waals surface area contributed by atoms with Gasteiger partial charge in [-0.05, 0) is 24.3 Å². The molecular formula is C16H12N2O6. The normalized spacial score (nSPS) is 10.0. The van der Waals surface area contributed by atoms with Crippen LogP contribution in [-0.2, 0) is 4.79 Å². The number of anilines is 1. The van der Waals surface area contributed by atoms with Gasteiger partial charge in [-0.2, -0.15) is 0 Å². The largest absolute Gasteiger partial charge is 0.478 e. The van der Waals surface area contributed by atoms with E-state index in [9.17, 15) is 24.5 Å². The van der Waals surface area contributed by atoms with Gasteiger partial charge in [-0.1, -0.05) is 12.1 Å². The van der Waals surface area contributed by atoms with Crippen molar-refractivity contribution in [3.05, 3.63) is 69.8 Å². The molecule has 0 atom stereocenters. The second-order valence-electron chi connectivity index (χ2n) is 4.80. The van der Waals surface area contributed by atoms with Crippen LogP contribution in [0.25, 0.3) is 0 Å². The zero-order valence-electron chi connectivity index (χ0n) is 12.3. The number of ketones is 1. The van der Waals surface area contributed by atoms with Crippen LogP contribution in [0, 0.1) is 10.1 Å². The second-order valence-corrected chi connectivity index (χ2v) is 4.80. The highest BCUT2D eigenvalue weighted by molar-refractivity contribution is 6.12. The summed E-state index contributed by atoms with van der Waals surface area (Å²) in [5.74, 6) is -2.41. The number of carboxylic acids is 1. The van der Waals surface area contributed by atoms with Crippen molar-refractivity contribution in [3.63, 3.8) is 0 Å². The van der Waals surface area contributed by atoms with Crippen molar-refractivity contribution < 1.29 is 24.4 Å². The van der Waals surface area contributed by atoms with Crippen LogP contribution in [0.3, 0.4) is 0 Å². The number of rotatable bonds is 6. The Hall–Kier alpha value is -3.55. The fraction of sp³-hybridized carbons (Fsp3) is 0.0625. The van der Waals surface area contributed by atoms with Crippen LogP contribution in [0.4, 0.5) is 11.4 Å². The quantitative estimate of drug-likeness (QED) is 0.363. The van der Waals surface area contributed by atoms with E-state index in [0.29, 0.717) is 0 Å². The predicted octanol–water partition coefficient (Wildman–Crippen LogP) is 2.50. The maximum Gasteiger partial charge on any atom is 0.337 e. The highest BCUT2D eigenvalue weighted by Gasteiger charge is 2.16. The summed E-state index contributed by atoms with van der Waals surface area (Å²) in [6, 6.07) is 10.7. The molecule has 0 unspecified atom stereocenters. The molecule has 122 valence electrons. The minimum atomic E-state index is -1.20. The average Bonchev–Trinajstić information content (AvgIpc) is 2.55. The number of nitrogens with zero attached hydrogens (tertiary/aromatic N) is 1. The van der Waals surface area contributed by atoms with E-state index in [1.807, 2.05) is 0 Å². The van der Waals surface area contributed by atoms with Gasteiger partial charge in [0.2, 0.25) is 5.91 Å². The molecule has 8 heteroatoms. The lowest BCUT2D eigenvalue weighted by Gasteiger charge is -2.08. The molecule has 2 N–H and O–H groups in total. The molecule has 0 fully saturated rings. The molecule has 0 aromatic heterocycles. The summed E-state index contributed by atoms with van der Waals surface area (Å²) in [6.45, 7) is 0. The van der Waals surface area contributed by atoms with Crippen molar-refractivity contribution in [3.8, 4) is 0 Å². The van der Waals surface area contributed by atoms with E-state index in [1.165, 1.54) is 42.5 Å². The molecule has 2 aromatic carbocycles. The van der Waals surface area contributed by atoms with Crippen molar-refractivity contribution in [2.24, 2.45) is 0 Å². The van der Waals surface area contributed by atoms with Gasteiger partial charge in [-0.25, -0.2) is 4.79 Å². The summed E-state index contributed by atoms with van der Waals surface area (Å²) in [4.78, 5) is 44.9. The lowest BCUT2D eigenvalue weighted by atomic mass is 10.1. The number of hydrogen-bond acceptors (Lipinski definition) is 5. The highest BCUT2D eigenvalue weighted by atomic mass is 16.6. The molecular weight excluding hydrogens is 316 g/mol. The van der Waals surface area contributed by atoms with E-state index in [4.69, 9.17) is 5.11 Å². The second kappa shape index (κ2) is 7.14. The fourth-order valence-electron chi connectivity index (χ4n) is 1.99. The van der Waals surface area contributed by atoms with E-state index in [1.54, 1.807) is 6.07 Å². The molecule has 0 aliphatic heterocycles. The Bertz CT molecular complexity index is 814. The van der Waals surface area contributed by atoms with Gasteiger partial charge in [0.1, 0.15) is 0 Å². The van der Waals surface area contributed by atoms with E-state index in [2.05, 4.69) is 5.32 Å². The first kappa shape index (κ1) is 16.8. The minimum Gasteiger partial charge on any atom is -0.478 e. The van der Waals surface area contributed by atoms with Crippen molar-refractivity contribution >= 4 is 29.0 Å². The molecule has 0 saturated heterocycles. The molecule has 2 aromatic rings. The number of carbonyl (C=O) groups is 3. The summed E-state index contributed by atoms with van der Waals surface area (Å²) in [7, 11) is 0. The van der Waals surface area contributed by atoms with Gasteiger partial charge in [-0.15, -0.1) is 0 Å². The number of amides is 1. The monoisotopic (exact) mass is 328 g/mol. The van der Waals surface area contributed by atoms with Crippen molar-refractivity contribution in [1.82, 2.24) is 0 Å². The zero-order chi connectivity index (χ0) is 17.7. The molecule has 8 nitrogen and oxygen atoms in total. The number of benzene rings is 2. The van der Waals surface area contributed by atoms with Gasteiger partial charge in [-0.3, -0.25) is 19.7 Å². The lowest BCUT2D eigenvalue weighted by Crippen LogP contribution is -2.18. The first-order valence-electron chi connectivity index (χ1n) is 6.78. The summed E-state index contributed by atoms with van der Waals surface area (Å²) in [6.07, 6.45) is -0.508. The number of carboxylic acid groups (broad SMARTS) is 1. The molecule has 1 amide bonds. The number of aromatic carboxylic acids is 1. The number of nitro benzene ring substituents is 1. The van der Waals surface area contributed by atoms with Gasteiger partial charge < -0.3 is 10.4 Å². The number of carbonyl (C=O) groups excluding carboxylic acids is 2. The van der Waals surface area contributed by atoms with E-state index >= 15 is 0 Å². The third-order valence-electron chi connectivity index (χ3n) is 3.15. The van der Waals surface area contributed by atoms with Crippen LogP contribution in [0.15, 0.2) is 48.5 Å². The average molecular weight is 328 g/mol. The maximum absolute atomic E-state index is 12.0. The molecule has 0 aliphatic carbocycles. The third-order valence-corrected chi connectivity index (χ3v) is 3.15. The first-order valence-corrected chi connectivity index (χ1v) is 6.78. The molecule has 0 saturated carbocycles. The topological polar surface area (TPSA) is 127 Å². The smallest absolute Gasteiger partial charge is 0.337 e. The predicted molar refractivity (Wildman–Crippen MR) is 84.1 cm³/mol. The van der Waals surface area contributed by atoms with E-state index in [0.717, 1.165) is 0 Å². The zero-order valence-corrected chi connectivity index (χ0v) is 12.3. The molecule has 0 aliphatic rings. The molecule has 0 heterocycles. The Balaban J connectivity index is 2.06. The van der Waals surface area contributed by atoms with Gasteiger partial charge in [0.05, 0.1) is 22.6 Å². The van der Waals surface area contributed by atoms with E-state index < -0.39 is 29.0 Å². The number of nitrogens with one attached hydrogen (secondary N) is 1. The first-order chi connectivity index (χ1) is 11.4. The van der Waals surface area contributed by atoms with Crippen LogP contribution in [-0.4, -0.2) is 27.7 Å². The Kier molecular flexibility index (Phi) is 5.00. The summed E-state index contributed by atoms with van der Waals surface area (Å²) < 4.78 is 0. The number of Topliss-reactive ketones (excluding diaryl/α,β-unsaturated/α-hetero) is 1. The number of para-hydroxylation sites is 1. The molecule has 0 spiro atoms. The molecule has 0 radical (unpaired) electrons. The lowest BCUT2D eigenvalue weighted by molar-refractivity contribution is -0.384. The number of non-ortho nitro benzene ring substituents is 1. The van der Waals surface area contributed by atoms with E-state index in [-0.39, 0.29) is 22.5 Å². The minimum absolute atomic E-state index is 0.0892. The standard InChI is InChI=1S/C16H12N2O6/c19-14(10-5-7-11(8-6-10)18(23)24)9-15(20)17-13-4-2-1-3-12(13)16(21)22/h1-8H,9H2,(H,17,20)(H,21,22). The summed E-state index contributed by atoms with van der Waals surface area (Å²) in [5, 5.41) is 22.0. The Morgan fingerprint density at radius 3 is 2.25 bits per heavy atom. The van der Waals surface area contributed by atoms with Crippen LogP contribution in [0.2, 0.25) is 0 Å². The van der Waals surface area contributed by atoms with Crippen molar-refractivity contribution in [1.29, 1.82) is 0 Å². The fourth-order valence-corrected chi connectivity index (χ4v) is 1.99. The van der Waals surface area contributed by atoms with Gasteiger partial charge >= 0.3 is 5.97 Å². The van der Waals surface area contributed by atoms with Crippen LogP contribution in [0.5, 0.6) is 0 Å². The van der Waals surface area contributed by atoms with Crippen LogP contribution in [0.1, 0.15) is 27.1 Å². The maximum atomic E-state index is 12.0. The SMILES string of the molecule is O=C(CC(=O)c1ccc([N+](=O)[O-])cc1)Nc1ccccc1C(=O)O. The summed E-state index contributed by atoms with van der Waals surface area (Å²) in [5.41, 5.74) is -0.00575. The van der Waals surface area contributed by atoms with Crippen molar-refractivity contribution in [2.45, 2.75) is 6.42 Å². The molecule has 24 heavy (non-hydrogen) atoms. The van der Waals surface area contributed by atoms with Gasteiger partial charge in [0.15, 0.2) is 5.78 Å². The number of nitro groups is 1.